The van der Waals surface area contributed by atoms with Gasteiger partial charge >= 0.3 is 0 Å². The van der Waals surface area contributed by atoms with Crippen molar-refractivity contribution < 1.29 is 0 Å². The summed E-state index contributed by atoms with van der Waals surface area (Å²) in [6.45, 7) is 2.13. The van der Waals surface area contributed by atoms with Crippen LogP contribution in [0.15, 0.2) is 78.9 Å². The largest absolute Gasteiger partial charge is 0.134 e. The summed E-state index contributed by atoms with van der Waals surface area (Å²) in [5.41, 5.74) is 3.89. The standard InChI is InChI=1S/C21H16S2/c1-15-7-9-17(10-8-15)19-12-14-21(23-19)20-13-11-18(22-20)16-5-3-2-4-6-16/h2-14H,1H3. The molecule has 2 aromatic carbocycles. The Kier molecular flexibility index (Phi) is 3.86. The first kappa shape index (κ1) is 14.4. The zero-order chi connectivity index (χ0) is 15.6. The molecule has 0 bridgehead atoms. The van der Waals surface area contributed by atoms with Crippen molar-refractivity contribution in [2.24, 2.45) is 0 Å². The molecule has 2 heteroatoms. The zero-order valence-corrected chi connectivity index (χ0v) is 14.5. The molecule has 0 aliphatic heterocycles. The van der Waals surface area contributed by atoms with E-state index in [1.54, 1.807) is 0 Å². The fourth-order valence-corrected chi connectivity index (χ4v) is 4.68. The van der Waals surface area contributed by atoms with Crippen LogP contribution in [0, 0.1) is 6.92 Å². The minimum atomic E-state index is 1.29. The molecule has 2 aromatic heterocycles. The molecule has 0 aliphatic carbocycles. The minimum absolute atomic E-state index is 1.29. The van der Waals surface area contributed by atoms with Crippen LogP contribution in [0.5, 0.6) is 0 Å². The summed E-state index contributed by atoms with van der Waals surface area (Å²) in [6.07, 6.45) is 0. The first-order valence-corrected chi connectivity index (χ1v) is 9.25. The summed E-state index contributed by atoms with van der Waals surface area (Å²) >= 11 is 3.72. The molecule has 0 aliphatic rings. The van der Waals surface area contributed by atoms with Gasteiger partial charge in [-0.1, -0.05) is 60.2 Å². The normalized spacial score (nSPS) is 10.8. The SMILES string of the molecule is Cc1ccc(-c2ccc(-c3ccc(-c4ccccc4)s3)s2)cc1. The van der Waals surface area contributed by atoms with Crippen molar-refractivity contribution in [3.8, 4) is 30.6 Å². The number of aryl methyl sites for hydroxylation is 1. The molecule has 0 amide bonds. The highest BCUT2D eigenvalue weighted by Gasteiger charge is 2.08. The monoisotopic (exact) mass is 332 g/mol. The lowest BCUT2D eigenvalue weighted by Crippen LogP contribution is -1.72. The first-order chi connectivity index (χ1) is 11.3. The number of hydrogen-bond acceptors (Lipinski definition) is 2. The maximum atomic E-state index is 2.24. The summed E-state index contributed by atoms with van der Waals surface area (Å²) in [4.78, 5) is 5.33. The summed E-state index contributed by atoms with van der Waals surface area (Å²) in [7, 11) is 0. The molecule has 4 rings (SSSR count). The molecule has 0 unspecified atom stereocenters. The van der Waals surface area contributed by atoms with E-state index >= 15 is 0 Å². The van der Waals surface area contributed by atoms with E-state index in [9.17, 15) is 0 Å². The van der Waals surface area contributed by atoms with Gasteiger partial charge in [0.1, 0.15) is 0 Å². The number of thiophene rings is 2. The molecule has 0 saturated heterocycles. The van der Waals surface area contributed by atoms with Crippen molar-refractivity contribution in [1.29, 1.82) is 0 Å². The van der Waals surface area contributed by atoms with Crippen molar-refractivity contribution in [2.75, 3.05) is 0 Å². The third kappa shape index (κ3) is 3.00. The second-order valence-electron chi connectivity index (χ2n) is 5.56. The van der Waals surface area contributed by atoms with Gasteiger partial charge in [0.05, 0.1) is 0 Å². The van der Waals surface area contributed by atoms with Gasteiger partial charge < -0.3 is 0 Å². The summed E-state index contributed by atoms with van der Waals surface area (Å²) in [5, 5.41) is 0. The van der Waals surface area contributed by atoms with Crippen LogP contribution in [-0.2, 0) is 0 Å². The molecule has 0 saturated carbocycles. The van der Waals surface area contributed by atoms with E-state index in [4.69, 9.17) is 0 Å². The van der Waals surface area contributed by atoms with Crippen molar-refractivity contribution in [3.63, 3.8) is 0 Å². The molecule has 0 fully saturated rings. The maximum absolute atomic E-state index is 2.24. The van der Waals surface area contributed by atoms with E-state index in [0.29, 0.717) is 0 Å². The highest BCUT2D eigenvalue weighted by Crippen LogP contribution is 2.40. The number of benzene rings is 2. The summed E-state index contributed by atoms with van der Waals surface area (Å²) < 4.78 is 0. The van der Waals surface area contributed by atoms with E-state index < -0.39 is 0 Å². The van der Waals surface area contributed by atoms with Gasteiger partial charge in [-0.2, -0.15) is 0 Å². The van der Waals surface area contributed by atoms with Gasteiger partial charge in [-0.3, -0.25) is 0 Å². The van der Waals surface area contributed by atoms with Crippen LogP contribution in [0.3, 0.4) is 0 Å². The molecule has 0 spiro atoms. The fourth-order valence-electron chi connectivity index (χ4n) is 2.57. The molecule has 0 radical (unpaired) electrons. The van der Waals surface area contributed by atoms with Crippen molar-refractivity contribution in [2.45, 2.75) is 6.92 Å². The van der Waals surface area contributed by atoms with Gasteiger partial charge in [-0.05, 0) is 42.3 Å². The lowest BCUT2D eigenvalue weighted by molar-refractivity contribution is 1.48. The van der Waals surface area contributed by atoms with Crippen LogP contribution in [0.4, 0.5) is 0 Å². The Hall–Kier alpha value is -2.16. The van der Waals surface area contributed by atoms with Crippen LogP contribution in [0.2, 0.25) is 0 Å². The van der Waals surface area contributed by atoms with E-state index in [1.165, 1.54) is 36.2 Å². The zero-order valence-electron chi connectivity index (χ0n) is 12.8. The van der Waals surface area contributed by atoms with Gasteiger partial charge in [-0.25, -0.2) is 0 Å². The molecule has 4 aromatic rings. The van der Waals surface area contributed by atoms with Gasteiger partial charge in [0.25, 0.3) is 0 Å². The van der Waals surface area contributed by atoms with Crippen LogP contribution >= 0.6 is 22.7 Å². The van der Waals surface area contributed by atoms with E-state index in [1.807, 2.05) is 22.7 Å². The first-order valence-electron chi connectivity index (χ1n) is 7.62. The topological polar surface area (TPSA) is 0 Å². The average molecular weight is 332 g/mol. The van der Waals surface area contributed by atoms with Crippen molar-refractivity contribution >= 4 is 22.7 Å². The maximum Gasteiger partial charge on any atom is 0.0449 e. The third-order valence-electron chi connectivity index (χ3n) is 3.85. The smallest absolute Gasteiger partial charge is 0.0449 e. The van der Waals surface area contributed by atoms with E-state index in [2.05, 4.69) is 85.8 Å². The Bertz CT molecular complexity index is 912. The number of hydrogen-bond donors (Lipinski definition) is 0. The Morgan fingerprint density at radius 1 is 0.478 bits per heavy atom. The predicted octanol–water partition coefficient (Wildman–Crippen LogP) is 7.12. The second kappa shape index (κ2) is 6.15. The van der Waals surface area contributed by atoms with Gasteiger partial charge in [0, 0.05) is 19.5 Å². The minimum Gasteiger partial charge on any atom is -0.134 e. The van der Waals surface area contributed by atoms with E-state index in [0.717, 1.165) is 0 Å². The van der Waals surface area contributed by atoms with Crippen molar-refractivity contribution in [1.82, 2.24) is 0 Å². The molecule has 112 valence electrons. The van der Waals surface area contributed by atoms with Crippen LogP contribution < -0.4 is 0 Å². The van der Waals surface area contributed by atoms with Gasteiger partial charge in [0.15, 0.2) is 0 Å². The highest BCUT2D eigenvalue weighted by molar-refractivity contribution is 7.25. The van der Waals surface area contributed by atoms with Gasteiger partial charge in [-0.15, -0.1) is 22.7 Å². The predicted molar refractivity (Wildman–Crippen MR) is 103 cm³/mol. The van der Waals surface area contributed by atoms with E-state index in [-0.39, 0.29) is 0 Å². The molecule has 23 heavy (non-hydrogen) atoms. The van der Waals surface area contributed by atoms with Crippen molar-refractivity contribution in [3.05, 3.63) is 84.4 Å². The van der Waals surface area contributed by atoms with Gasteiger partial charge in [0.2, 0.25) is 0 Å². The molecular weight excluding hydrogens is 316 g/mol. The molecule has 2 heterocycles. The summed E-state index contributed by atoms with van der Waals surface area (Å²) in [5.74, 6) is 0. The quantitative estimate of drug-likeness (QED) is 0.375. The molecule has 0 atom stereocenters. The average Bonchev–Trinajstić information content (AvgIpc) is 3.26. The fraction of sp³-hybridized carbons (Fsp3) is 0.0476. The molecular formula is C21H16S2. The lowest BCUT2D eigenvalue weighted by atomic mass is 10.1. The highest BCUT2D eigenvalue weighted by atomic mass is 32.1. The Morgan fingerprint density at radius 2 is 0.957 bits per heavy atom. The Morgan fingerprint density at radius 3 is 1.52 bits per heavy atom. The second-order valence-corrected chi connectivity index (χ2v) is 7.73. The molecule has 0 N–H and O–H groups in total. The summed E-state index contributed by atoms with van der Waals surface area (Å²) in [6, 6.07) is 28.3. The molecule has 0 nitrogen and oxygen atoms in total. The van der Waals surface area contributed by atoms with Crippen LogP contribution in [0.25, 0.3) is 30.6 Å². The number of rotatable bonds is 3. The Balaban J connectivity index is 1.65. The lowest BCUT2D eigenvalue weighted by Gasteiger charge is -1.98. The Labute approximate surface area is 144 Å². The van der Waals surface area contributed by atoms with Crippen LogP contribution in [-0.4, -0.2) is 0 Å². The van der Waals surface area contributed by atoms with Crippen LogP contribution in [0.1, 0.15) is 5.56 Å². The third-order valence-corrected chi connectivity index (χ3v) is 6.31.